The average molecular weight is 410 g/mol. The first kappa shape index (κ1) is 19.6. The summed E-state index contributed by atoms with van der Waals surface area (Å²) in [5, 5.41) is 5.35. The van der Waals surface area contributed by atoms with Gasteiger partial charge in [-0.1, -0.05) is 18.2 Å². The number of benzene rings is 1. The fourth-order valence-electron chi connectivity index (χ4n) is 3.86. The molecule has 1 aromatic heterocycles. The molecule has 1 saturated heterocycles. The standard InChI is InChI=1S/C20H22N6O4/c21-16(28)11-6-8-26(9-7-11)20-24-17-15(19(30)25-20)13(10-14(27)23-17)18(29)22-12-4-2-1-3-5-12/h1-5,11,13H,6-10H2,(H2,21,28)(H,22,29)(H2,23,24,25,27,30)/t13-/m0/s1. The van der Waals surface area contributed by atoms with E-state index in [1.54, 1.807) is 24.3 Å². The van der Waals surface area contributed by atoms with E-state index >= 15 is 0 Å². The number of carbonyl (C=O) groups is 3. The molecule has 0 spiro atoms. The van der Waals surface area contributed by atoms with Crippen LogP contribution in [0.3, 0.4) is 0 Å². The number of hydrogen-bond acceptors (Lipinski definition) is 6. The highest BCUT2D eigenvalue weighted by Gasteiger charge is 2.35. The van der Waals surface area contributed by atoms with Gasteiger partial charge < -0.3 is 21.3 Å². The normalized spacial score (nSPS) is 19.0. The summed E-state index contributed by atoms with van der Waals surface area (Å²) in [6.45, 7) is 1.00. The van der Waals surface area contributed by atoms with Crippen molar-refractivity contribution in [2.45, 2.75) is 25.2 Å². The molecular formula is C20H22N6O4. The van der Waals surface area contributed by atoms with E-state index in [9.17, 15) is 19.2 Å². The van der Waals surface area contributed by atoms with Crippen molar-refractivity contribution in [2.24, 2.45) is 11.7 Å². The second-order valence-corrected chi connectivity index (χ2v) is 7.48. The SMILES string of the molecule is NC(=O)C1CCN(c2nc3c(c(=O)[nH]2)[C@@H](C(=O)Nc2ccccc2)CC(=O)N3)CC1. The summed E-state index contributed by atoms with van der Waals surface area (Å²) in [5.74, 6) is -1.91. The van der Waals surface area contributed by atoms with Crippen molar-refractivity contribution < 1.29 is 14.4 Å². The zero-order valence-electron chi connectivity index (χ0n) is 16.2. The Balaban J connectivity index is 1.59. The lowest BCUT2D eigenvalue weighted by molar-refractivity contribution is -0.123. The molecule has 2 aliphatic rings. The molecule has 10 nitrogen and oxygen atoms in total. The van der Waals surface area contributed by atoms with Crippen LogP contribution in [0.15, 0.2) is 35.1 Å². The number of piperidine rings is 1. The van der Waals surface area contributed by atoms with E-state index in [4.69, 9.17) is 5.73 Å². The number of primary amides is 1. The van der Waals surface area contributed by atoms with Crippen molar-refractivity contribution in [3.05, 3.63) is 46.2 Å². The van der Waals surface area contributed by atoms with E-state index in [1.165, 1.54) is 0 Å². The Labute approximate surface area is 171 Å². The lowest BCUT2D eigenvalue weighted by atomic mass is 9.92. The van der Waals surface area contributed by atoms with Crippen LogP contribution in [0.25, 0.3) is 0 Å². The van der Waals surface area contributed by atoms with E-state index in [2.05, 4.69) is 20.6 Å². The minimum absolute atomic E-state index is 0.0928. The van der Waals surface area contributed by atoms with Crippen molar-refractivity contribution in [1.82, 2.24) is 9.97 Å². The number of carbonyl (C=O) groups excluding carboxylic acids is 3. The molecular weight excluding hydrogens is 388 g/mol. The van der Waals surface area contributed by atoms with Gasteiger partial charge in [0, 0.05) is 31.1 Å². The number of aromatic amines is 1. The first-order chi connectivity index (χ1) is 14.4. The number of hydrogen-bond donors (Lipinski definition) is 4. The number of para-hydroxylation sites is 1. The van der Waals surface area contributed by atoms with Gasteiger partial charge in [-0.3, -0.25) is 24.2 Å². The lowest BCUT2D eigenvalue weighted by Crippen LogP contribution is -2.41. The molecule has 10 heteroatoms. The fourth-order valence-corrected chi connectivity index (χ4v) is 3.86. The average Bonchev–Trinajstić information content (AvgIpc) is 2.73. The molecule has 3 heterocycles. The third-order valence-corrected chi connectivity index (χ3v) is 5.49. The fraction of sp³-hybridized carbons (Fsp3) is 0.350. The predicted octanol–water partition coefficient (Wildman–Crippen LogP) is 0.536. The van der Waals surface area contributed by atoms with Crippen LogP contribution >= 0.6 is 0 Å². The minimum atomic E-state index is -0.945. The quantitative estimate of drug-likeness (QED) is 0.578. The number of nitrogens with one attached hydrogen (secondary N) is 3. The number of rotatable bonds is 4. The lowest BCUT2D eigenvalue weighted by Gasteiger charge is -2.32. The summed E-state index contributed by atoms with van der Waals surface area (Å²) in [5.41, 5.74) is 5.61. The third kappa shape index (κ3) is 3.88. The van der Waals surface area contributed by atoms with Crippen LogP contribution in [0, 0.1) is 5.92 Å². The molecule has 0 bridgehead atoms. The molecule has 1 atom stereocenters. The zero-order valence-corrected chi connectivity index (χ0v) is 16.2. The molecule has 0 radical (unpaired) electrons. The molecule has 2 aliphatic heterocycles. The van der Waals surface area contributed by atoms with Gasteiger partial charge in [0.1, 0.15) is 5.82 Å². The van der Waals surface area contributed by atoms with E-state index in [1.807, 2.05) is 11.0 Å². The maximum atomic E-state index is 12.8. The van der Waals surface area contributed by atoms with Gasteiger partial charge in [0.25, 0.3) is 5.56 Å². The van der Waals surface area contributed by atoms with E-state index in [-0.39, 0.29) is 35.5 Å². The summed E-state index contributed by atoms with van der Waals surface area (Å²) in [6, 6.07) is 8.83. The summed E-state index contributed by atoms with van der Waals surface area (Å²) in [6.07, 6.45) is 0.981. The van der Waals surface area contributed by atoms with E-state index in [0.717, 1.165) is 0 Å². The molecule has 30 heavy (non-hydrogen) atoms. The first-order valence-electron chi connectivity index (χ1n) is 9.76. The van der Waals surface area contributed by atoms with Crippen LogP contribution in [-0.2, 0) is 14.4 Å². The van der Waals surface area contributed by atoms with Gasteiger partial charge in [0.2, 0.25) is 23.7 Å². The topological polar surface area (TPSA) is 150 Å². The van der Waals surface area contributed by atoms with E-state index < -0.39 is 17.4 Å². The highest BCUT2D eigenvalue weighted by Crippen LogP contribution is 2.31. The Morgan fingerprint density at radius 3 is 2.50 bits per heavy atom. The Morgan fingerprint density at radius 2 is 1.83 bits per heavy atom. The van der Waals surface area contributed by atoms with Gasteiger partial charge in [0.05, 0.1) is 11.5 Å². The predicted molar refractivity (Wildman–Crippen MR) is 110 cm³/mol. The van der Waals surface area contributed by atoms with Crippen molar-refractivity contribution in [3.8, 4) is 0 Å². The molecule has 156 valence electrons. The van der Waals surface area contributed by atoms with Gasteiger partial charge in [0.15, 0.2) is 0 Å². The van der Waals surface area contributed by atoms with Crippen molar-refractivity contribution in [2.75, 3.05) is 28.6 Å². The maximum Gasteiger partial charge on any atom is 0.258 e. The van der Waals surface area contributed by atoms with Gasteiger partial charge in [-0.05, 0) is 25.0 Å². The van der Waals surface area contributed by atoms with Gasteiger partial charge in [-0.25, -0.2) is 0 Å². The number of amides is 3. The second kappa shape index (κ2) is 7.97. The van der Waals surface area contributed by atoms with Crippen LogP contribution in [0.2, 0.25) is 0 Å². The number of H-pyrrole nitrogens is 1. The maximum absolute atomic E-state index is 12.8. The number of fused-ring (bicyclic) bond motifs is 1. The summed E-state index contributed by atoms with van der Waals surface area (Å²) >= 11 is 0. The van der Waals surface area contributed by atoms with Crippen LogP contribution < -0.4 is 26.8 Å². The Bertz CT molecular complexity index is 1040. The van der Waals surface area contributed by atoms with Crippen molar-refractivity contribution in [3.63, 3.8) is 0 Å². The Kier molecular flexibility index (Phi) is 5.21. The zero-order chi connectivity index (χ0) is 21.3. The van der Waals surface area contributed by atoms with Gasteiger partial charge in [-0.2, -0.15) is 4.98 Å². The highest BCUT2D eigenvalue weighted by atomic mass is 16.2. The molecule has 1 fully saturated rings. The summed E-state index contributed by atoms with van der Waals surface area (Å²) < 4.78 is 0. The summed E-state index contributed by atoms with van der Waals surface area (Å²) in [4.78, 5) is 58.2. The molecule has 1 aromatic carbocycles. The minimum Gasteiger partial charge on any atom is -0.369 e. The smallest absolute Gasteiger partial charge is 0.258 e. The Morgan fingerprint density at radius 1 is 1.13 bits per heavy atom. The number of anilines is 3. The molecule has 0 aliphatic carbocycles. The molecule has 0 saturated carbocycles. The summed E-state index contributed by atoms with van der Waals surface area (Å²) in [7, 11) is 0. The van der Waals surface area contributed by atoms with Crippen LogP contribution in [0.1, 0.15) is 30.7 Å². The van der Waals surface area contributed by atoms with Crippen LogP contribution in [0.4, 0.5) is 17.5 Å². The Hall–Kier alpha value is -3.69. The monoisotopic (exact) mass is 410 g/mol. The van der Waals surface area contributed by atoms with Crippen molar-refractivity contribution in [1.29, 1.82) is 0 Å². The molecule has 2 aromatic rings. The number of aromatic nitrogens is 2. The molecule has 3 amide bonds. The van der Waals surface area contributed by atoms with Crippen LogP contribution in [0.5, 0.6) is 0 Å². The molecule has 5 N–H and O–H groups in total. The van der Waals surface area contributed by atoms with Crippen molar-refractivity contribution >= 4 is 35.2 Å². The molecule has 4 rings (SSSR count). The first-order valence-corrected chi connectivity index (χ1v) is 9.76. The third-order valence-electron chi connectivity index (χ3n) is 5.49. The number of nitrogens with two attached hydrogens (primary N) is 1. The largest absolute Gasteiger partial charge is 0.369 e. The van der Waals surface area contributed by atoms with Gasteiger partial charge >= 0.3 is 0 Å². The number of nitrogens with zero attached hydrogens (tertiary/aromatic N) is 2. The van der Waals surface area contributed by atoms with E-state index in [0.29, 0.717) is 37.6 Å². The van der Waals surface area contributed by atoms with Crippen LogP contribution in [-0.4, -0.2) is 40.8 Å². The molecule has 0 unspecified atom stereocenters. The van der Waals surface area contributed by atoms with Gasteiger partial charge in [-0.15, -0.1) is 0 Å². The highest BCUT2D eigenvalue weighted by molar-refractivity contribution is 6.04. The second-order valence-electron chi connectivity index (χ2n) is 7.48.